The van der Waals surface area contributed by atoms with E-state index in [1.165, 1.54) is 0 Å². The fraction of sp³-hybridized carbons (Fsp3) is 0.385. The molecule has 0 bridgehead atoms. The summed E-state index contributed by atoms with van der Waals surface area (Å²) in [6, 6.07) is 5.07. The molecule has 0 aliphatic carbocycles. The molecule has 96 valence electrons. The number of fused-ring (bicyclic) bond motifs is 1. The summed E-state index contributed by atoms with van der Waals surface area (Å²) in [5.74, 6) is -0.196. The van der Waals surface area contributed by atoms with E-state index in [1.807, 2.05) is 11.5 Å². The number of aliphatic hydroxyl groups is 1. The van der Waals surface area contributed by atoms with Gasteiger partial charge in [0.15, 0.2) is 0 Å². The van der Waals surface area contributed by atoms with Crippen LogP contribution in [0.1, 0.15) is 29.5 Å². The van der Waals surface area contributed by atoms with Gasteiger partial charge < -0.3 is 14.8 Å². The summed E-state index contributed by atoms with van der Waals surface area (Å²) in [5, 5.41) is 18.5. The van der Waals surface area contributed by atoms with Gasteiger partial charge in [-0.05, 0) is 32.4 Å². The van der Waals surface area contributed by atoms with Crippen LogP contribution in [0, 0.1) is 6.92 Å². The predicted octanol–water partition coefficient (Wildman–Crippen LogP) is 1.81. The summed E-state index contributed by atoms with van der Waals surface area (Å²) < 4.78 is 1.85. The van der Waals surface area contributed by atoms with E-state index in [0.717, 1.165) is 5.82 Å². The van der Waals surface area contributed by atoms with Crippen LogP contribution in [0.4, 0.5) is 0 Å². The lowest BCUT2D eigenvalue weighted by molar-refractivity contribution is 0.0698. The van der Waals surface area contributed by atoms with E-state index in [2.05, 4.69) is 4.98 Å². The van der Waals surface area contributed by atoms with Crippen LogP contribution in [0.5, 0.6) is 0 Å². The van der Waals surface area contributed by atoms with E-state index >= 15 is 0 Å². The molecule has 0 amide bonds. The maximum absolute atomic E-state index is 11.2. The molecule has 0 radical (unpaired) electrons. The molecule has 0 saturated heterocycles. The molecule has 1 aromatic heterocycles. The molecule has 1 atom stereocenters. The fourth-order valence-corrected chi connectivity index (χ4v) is 2.06. The average molecular weight is 248 g/mol. The first kappa shape index (κ1) is 12.6. The number of aromatic nitrogens is 2. The summed E-state index contributed by atoms with van der Waals surface area (Å²) in [6.07, 6.45) is 0.152. The number of hydrogen-bond donors (Lipinski definition) is 2. The Morgan fingerprint density at radius 3 is 2.83 bits per heavy atom. The maximum Gasteiger partial charge on any atom is 0.337 e. The standard InChI is InChI=1S/C13H16N2O3/c1-8(16)6-7-15-9(2)14-11-5-3-4-10(12(11)15)13(17)18/h3-5,8,16H,6-7H2,1-2H3,(H,17,18). The van der Waals surface area contributed by atoms with Crippen LogP contribution in [0.3, 0.4) is 0 Å². The van der Waals surface area contributed by atoms with Crippen LogP contribution in [0.2, 0.25) is 0 Å². The molecule has 2 rings (SSSR count). The monoisotopic (exact) mass is 248 g/mol. The molecule has 2 aromatic rings. The normalized spacial score (nSPS) is 12.8. The van der Waals surface area contributed by atoms with Gasteiger partial charge in [-0.25, -0.2) is 9.78 Å². The minimum Gasteiger partial charge on any atom is -0.478 e. The second-order valence-electron chi connectivity index (χ2n) is 4.43. The van der Waals surface area contributed by atoms with Crippen LogP contribution < -0.4 is 0 Å². The van der Waals surface area contributed by atoms with E-state index in [-0.39, 0.29) is 5.56 Å². The number of rotatable bonds is 4. The topological polar surface area (TPSA) is 75.3 Å². The first-order chi connectivity index (χ1) is 8.50. The average Bonchev–Trinajstić information content (AvgIpc) is 2.61. The Labute approximate surface area is 105 Å². The molecule has 0 spiro atoms. The van der Waals surface area contributed by atoms with Crippen molar-refractivity contribution in [2.24, 2.45) is 0 Å². The minimum absolute atomic E-state index is 0.249. The van der Waals surface area contributed by atoms with Crippen molar-refractivity contribution < 1.29 is 15.0 Å². The summed E-state index contributed by atoms with van der Waals surface area (Å²) >= 11 is 0. The SMILES string of the molecule is Cc1nc2cccc(C(=O)O)c2n1CCC(C)O. The number of aryl methyl sites for hydroxylation is 2. The number of imidazole rings is 1. The highest BCUT2D eigenvalue weighted by molar-refractivity contribution is 6.01. The second kappa shape index (κ2) is 4.78. The van der Waals surface area contributed by atoms with Crippen LogP contribution in [-0.2, 0) is 6.54 Å². The molecule has 1 heterocycles. The van der Waals surface area contributed by atoms with Gasteiger partial charge in [-0.2, -0.15) is 0 Å². The molecule has 0 aliphatic rings. The number of hydrogen-bond acceptors (Lipinski definition) is 3. The van der Waals surface area contributed by atoms with Crippen molar-refractivity contribution in [3.8, 4) is 0 Å². The lowest BCUT2D eigenvalue weighted by Gasteiger charge is -2.09. The zero-order valence-electron chi connectivity index (χ0n) is 10.4. The lowest BCUT2D eigenvalue weighted by atomic mass is 10.2. The van der Waals surface area contributed by atoms with Gasteiger partial charge >= 0.3 is 5.97 Å². The maximum atomic E-state index is 11.2. The van der Waals surface area contributed by atoms with Crippen molar-refractivity contribution >= 4 is 17.0 Å². The highest BCUT2D eigenvalue weighted by Crippen LogP contribution is 2.21. The molecule has 18 heavy (non-hydrogen) atoms. The minimum atomic E-state index is -0.959. The van der Waals surface area contributed by atoms with Gasteiger partial charge in [0.2, 0.25) is 0 Å². The van der Waals surface area contributed by atoms with Crippen LogP contribution >= 0.6 is 0 Å². The first-order valence-corrected chi connectivity index (χ1v) is 5.88. The van der Waals surface area contributed by atoms with Crippen molar-refractivity contribution in [2.45, 2.75) is 32.9 Å². The van der Waals surface area contributed by atoms with Gasteiger partial charge in [0.1, 0.15) is 5.82 Å². The number of benzene rings is 1. The molecule has 5 nitrogen and oxygen atoms in total. The quantitative estimate of drug-likeness (QED) is 0.865. The summed E-state index contributed by atoms with van der Waals surface area (Å²) in [4.78, 5) is 15.6. The van der Waals surface area contributed by atoms with E-state index in [9.17, 15) is 15.0 Å². The highest BCUT2D eigenvalue weighted by atomic mass is 16.4. The Bertz CT molecular complexity index is 587. The lowest BCUT2D eigenvalue weighted by Crippen LogP contribution is -2.10. The molecular weight excluding hydrogens is 232 g/mol. The van der Waals surface area contributed by atoms with E-state index < -0.39 is 12.1 Å². The van der Waals surface area contributed by atoms with Crippen molar-refractivity contribution in [3.05, 3.63) is 29.6 Å². The Kier molecular flexibility index (Phi) is 3.34. The Morgan fingerprint density at radius 2 is 2.22 bits per heavy atom. The molecule has 5 heteroatoms. The first-order valence-electron chi connectivity index (χ1n) is 5.88. The fourth-order valence-electron chi connectivity index (χ4n) is 2.06. The highest BCUT2D eigenvalue weighted by Gasteiger charge is 2.15. The van der Waals surface area contributed by atoms with E-state index in [0.29, 0.717) is 24.0 Å². The van der Waals surface area contributed by atoms with E-state index in [1.54, 1.807) is 25.1 Å². The number of carboxylic acid groups (broad SMARTS) is 1. The van der Waals surface area contributed by atoms with Crippen LogP contribution in [0.25, 0.3) is 11.0 Å². The van der Waals surface area contributed by atoms with Crippen molar-refractivity contribution in [3.63, 3.8) is 0 Å². The third kappa shape index (κ3) is 2.22. The number of nitrogens with zero attached hydrogens (tertiary/aromatic N) is 2. The largest absolute Gasteiger partial charge is 0.478 e. The molecule has 1 aromatic carbocycles. The molecular formula is C13H16N2O3. The number of aromatic carboxylic acids is 1. The zero-order valence-corrected chi connectivity index (χ0v) is 10.4. The number of carbonyl (C=O) groups is 1. The third-order valence-corrected chi connectivity index (χ3v) is 2.96. The van der Waals surface area contributed by atoms with Crippen LogP contribution in [-0.4, -0.2) is 31.8 Å². The smallest absolute Gasteiger partial charge is 0.337 e. The van der Waals surface area contributed by atoms with Crippen molar-refractivity contribution in [2.75, 3.05) is 0 Å². The summed E-state index contributed by atoms with van der Waals surface area (Å²) in [7, 11) is 0. The Hall–Kier alpha value is -1.88. The molecule has 0 aliphatic heterocycles. The Balaban J connectivity index is 2.56. The molecule has 2 N–H and O–H groups in total. The number of aliphatic hydroxyl groups excluding tert-OH is 1. The van der Waals surface area contributed by atoms with Gasteiger partial charge in [-0.3, -0.25) is 0 Å². The number of para-hydroxylation sites is 1. The summed E-state index contributed by atoms with van der Waals surface area (Å²) in [6.45, 7) is 4.12. The van der Waals surface area contributed by atoms with Crippen LogP contribution in [0.15, 0.2) is 18.2 Å². The van der Waals surface area contributed by atoms with Gasteiger partial charge in [0, 0.05) is 6.54 Å². The predicted molar refractivity (Wildman–Crippen MR) is 67.7 cm³/mol. The second-order valence-corrected chi connectivity index (χ2v) is 4.43. The Morgan fingerprint density at radius 1 is 1.50 bits per heavy atom. The van der Waals surface area contributed by atoms with Gasteiger partial charge in [0.05, 0.1) is 22.7 Å². The molecule has 0 fully saturated rings. The van der Waals surface area contributed by atoms with Gasteiger partial charge in [-0.15, -0.1) is 0 Å². The molecule has 1 unspecified atom stereocenters. The third-order valence-electron chi connectivity index (χ3n) is 2.96. The van der Waals surface area contributed by atoms with E-state index in [4.69, 9.17) is 0 Å². The van der Waals surface area contributed by atoms with Gasteiger partial charge in [0.25, 0.3) is 0 Å². The zero-order chi connectivity index (χ0) is 13.3. The van der Waals surface area contributed by atoms with Gasteiger partial charge in [-0.1, -0.05) is 6.07 Å². The van der Waals surface area contributed by atoms with Crippen molar-refractivity contribution in [1.29, 1.82) is 0 Å². The molecule has 0 saturated carbocycles. The number of carboxylic acids is 1. The van der Waals surface area contributed by atoms with Crippen molar-refractivity contribution in [1.82, 2.24) is 9.55 Å². The summed E-state index contributed by atoms with van der Waals surface area (Å²) in [5.41, 5.74) is 1.56.